The van der Waals surface area contributed by atoms with Gasteiger partial charge in [-0.3, -0.25) is 9.59 Å². The maximum atomic E-state index is 13.7. The van der Waals surface area contributed by atoms with Crippen molar-refractivity contribution in [2.45, 2.75) is 78.6 Å². The van der Waals surface area contributed by atoms with Crippen molar-refractivity contribution >= 4 is 69.6 Å². The van der Waals surface area contributed by atoms with E-state index in [1.807, 2.05) is 42.5 Å². The van der Waals surface area contributed by atoms with Crippen LogP contribution in [0, 0.1) is 0 Å². The number of nitrogens with zero attached hydrogens (tertiary/aromatic N) is 3. The van der Waals surface area contributed by atoms with Gasteiger partial charge in [-0.1, -0.05) is 172 Å². The van der Waals surface area contributed by atoms with Crippen molar-refractivity contribution in [3.05, 3.63) is 221 Å². The van der Waals surface area contributed by atoms with Crippen LogP contribution < -0.4 is 10.6 Å². The molecular weight excluding hydrogens is 959 g/mol. The quantitative estimate of drug-likeness (QED) is 0.121. The number of hydrogen-bond donors (Lipinski definition) is 4. The number of aromatic nitrogens is 5. The van der Waals surface area contributed by atoms with Crippen LogP contribution in [0.2, 0.25) is 0 Å². The lowest BCUT2D eigenvalue weighted by molar-refractivity contribution is 0.101. The van der Waals surface area contributed by atoms with Gasteiger partial charge in [0.1, 0.15) is 11.4 Å². The molecule has 4 N–H and O–H groups in total. The summed E-state index contributed by atoms with van der Waals surface area (Å²) in [5.74, 6) is -0.851. The fourth-order valence-corrected chi connectivity index (χ4v) is 10.2. The molecule has 0 atom stereocenters. The standard InChI is InChI=1S/C69H63N7O2/c1-67(2,3)46-26-18-42(19-27-46)61-51-34-36-53(72-51)62(43-20-28-47(29-21-43)68(4,5)6)55-38-40-57(74-55)64(58-41-39-56(75-58)63(54-37-35-52(61)73-54)44-22-30-48(31-23-44)69(7,8)9)45-24-32-50(33-25-45)71-66(78)60-17-13-16-59(76-60)65(77)70-49-14-11-10-12-15-49/h10-41,72,75H,1-9H3,(H,70,77)(H,71,78). The van der Waals surface area contributed by atoms with Crippen molar-refractivity contribution in [1.29, 1.82) is 0 Å². The molecule has 0 fully saturated rings. The number of hydrogen-bond acceptors (Lipinski definition) is 5. The largest absolute Gasteiger partial charge is 0.354 e. The Morgan fingerprint density at radius 1 is 0.333 bits per heavy atom. The van der Waals surface area contributed by atoms with E-state index in [4.69, 9.17) is 9.97 Å². The highest BCUT2D eigenvalue weighted by atomic mass is 16.2. The molecule has 0 unspecified atom stereocenters. The Morgan fingerprint density at radius 2 is 0.628 bits per heavy atom. The van der Waals surface area contributed by atoms with E-state index in [1.165, 1.54) is 16.7 Å². The summed E-state index contributed by atoms with van der Waals surface area (Å²) in [5.41, 5.74) is 19.8. The summed E-state index contributed by atoms with van der Waals surface area (Å²) in [4.78, 5) is 50.1. The first kappa shape index (κ1) is 50.9. The van der Waals surface area contributed by atoms with Gasteiger partial charge in [-0.2, -0.15) is 0 Å². The molecule has 0 aliphatic carbocycles. The van der Waals surface area contributed by atoms with Gasteiger partial charge in [0.2, 0.25) is 0 Å². The SMILES string of the molecule is CC(C)(C)c1ccc(-c2c3nc(c(-c4ccc(C(C)(C)C)cc4)c4ccc([nH]4)c(-c4ccc(C(C)(C)C)cc4)c4nc(c(-c5ccc(NC(=O)c6cccc(C(=O)Nc7ccccc7)n6)cc5)c5ccc2[nH]5)C=C4)C=C3)cc1. The summed E-state index contributed by atoms with van der Waals surface area (Å²) >= 11 is 0. The molecule has 6 heterocycles. The smallest absolute Gasteiger partial charge is 0.274 e. The number of fused-ring (bicyclic) bond motifs is 8. The number of aromatic amines is 2. The minimum absolute atomic E-state index is 0.00990. The first-order chi connectivity index (χ1) is 37.3. The lowest BCUT2D eigenvalue weighted by Crippen LogP contribution is -2.18. The average Bonchev–Trinajstić information content (AvgIpc) is 4.28. The van der Waals surface area contributed by atoms with Crippen LogP contribution in [0.1, 0.15) is 123 Å². The zero-order chi connectivity index (χ0) is 54.5. The van der Waals surface area contributed by atoms with Crippen molar-refractivity contribution in [2.75, 3.05) is 10.6 Å². The summed E-state index contributed by atoms with van der Waals surface area (Å²) in [6.45, 7) is 20.1. The lowest BCUT2D eigenvalue weighted by atomic mass is 9.86. The summed E-state index contributed by atoms with van der Waals surface area (Å²) in [7, 11) is 0. The van der Waals surface area contributed by atoms with Crippen molar-refractivity contribution < 1.29 is 9.59 Å². The van der Waals surface area contributed by atoms with Gasteiger partial charge in [0.25, 0.3) is 11.8 Å². The second kappa shape index (κ2) is 20.1. The van der Waals surface area contributed by atoms with Gasteiger partial charge < -0.3 is 20.6 Å². The summed E-state index contributed by atoms with van der Waals surface area (Å²) in [6, 6.07) is 56.9. The van der Waals surface area contributed by atoms with Gasteiger partial charge in [-0.25, -0.2) is 15.0 Å². The molecule has 2 aliphatic heterocycles. The number of para-hydroxylation sites is 1. The van der Waals surface area contributed by atoms with Crippen molar-refractivity contribution in [1.82, 2.24) is 24.9 Å². The van der Waals surface area contributed by atoms with E-state index in [1.54, 1.807) is 30.3 Å². The van der Waals surface area contributed by atoms with Gasteiger partial charge in [0.15, 0.2) is 0 Å². The van der Waals surface area contributed by atoms with Gasteiger partial charge >= 0.3 is 0 Å². The van der Waals surface area contributed by atoms with E-state index >= 15 is 0 Å². The zero-order valence-corrected chi connectivity index (χ0v) is 45.6. The molecule has 0 saturated heterocycles. The first-order valence-corrected chi connectivity index (χ1v) is 26.6. The molecule has 2 amide bonds. The highest BCUT2D eigenvalue weighted by Crippen LogP contribution is 2.40. The Labute approximate surface area is 456 Å². The molecule has 2 aliphatic rings. The maximum absolute atomic E-state index is 13.7. The molecule has 0 spiro atoms. The van der Waals surface area contributed by atoms with E-state index in [-0.39, 0.29) is 27.6 Å². The van der Waals surface area contributed by atoms with Gasteiger partial charge in [-0.15, -0.1) is 0 Å². The molecule has 8 bridgehead atoms. The van der Waals surface area contributed by atoms with Crippen LogP contribution in [-0.2, 0) is 16.2 Å². The minimum Gasteiger partial charge on any atom is -0.354 e. The molecular formula is C69H63N7O2. The number of H-pyrrole nitrogens is 2. The molecule has 9 heteroatoms. The van der Waals surface area contributed by atoms with Crippen molar-refractivity contribution in [3.63, 3.8) is 0 Å². The Hall–Kier alpha value is -9.21. The van der Waals surface area contributed by atoms with Crippen LogP contribution in [0.5, 0.6) is 0 Å². The summed E-state index contributed by atoms with van der Waals surface area (Å²) < 4.78 is 0. The van der Waals surface area contributed by atoms with E-state index in [0.29, 0.717) is 11.4 Å². The number of carbonyl (C=O) groups is 2. The summed E-state index contributed by atoms with van der Waals surface area (Å²) in [6.07, 6.45) is 8.47. The third kappa shape index (κ3) is 10.4. The van der Waals surface area contributed by atoms with Crippen LogP contribution in [-0.4, -0.2) is 36.7 Å². The molecule has 5 aromatic carbocycles. The predicted octanol–water partition coefficient (Wildman–Crippen LogP) is 17.1. The average molecular weight is 1020 g/mol. The molecule has 386 valence electrons. The van der Waals surface area contributed by atoms with Crippen LogP contribution >= 0.6 is 0 Å². The number of amides is 2. The van der Waals surface area contributed by atoms with Crippen LogP contribution in [0.3, 0.4) is 0 Å². The molecule has 11 rings (SSSR count). The third-order valence-electron chi connectivity index (χ3n) is 14.6. The fourth-order valence-electron chi connectivity index (χ4n) is 10.2. The number of anilines is 2. The van der Waals surface area contributed by atoms with Crippen molar-refractivity contribution in [3.8, 4) is 44.5 Å². The normalized spacial score (nSPS) is 12.4. The van der Waals surface area contributed by atoms with Gasteiger partial charge in [-0.05, 0) is 140 Å². The van der Waals surface area contributed by atoms with Crippen LogP contribution in [0.4, 0.5) is 11.4 Å². The van der Waals surface area contributed by atoms with E-state index < -0.39 is 11.8 Å². The molecule has 78 heavy (non-hydrogen) atoms. The Morgan fingerprint density at radius 3 is 0.936 bits per heavy atom. The van der Waals surface area contributed by atoms with Crippen molar-refractivity contribution in [2.24, 2.45) is 0 Å². The fraction of sp³-hybridized carbons (Fsp3) is 0.174. The number of nitrogens with one attached hydrogen (secondary N) is 4. The maximum Gasteiger partial charge on any atom is 0.274 e. The number of pyridine rings is 1. The molecule has 9 nitrogen and oxygen atoms in total. The topological polar surface area (TPSA) is 128 Å². The minimum atomic E-state index is -0.442. The Bertz CT molecular complexity index is 3950. The first-order valence-electron chi connectivity index (χ1n) is 26.6. The number of rotatable bonds is 8. The van der Waals surface area contributed by atoms with E-state index in [0.717, 1.165) is 89.4 Å². The zero-order valence-electron chi connectivity index (χ0n) is 45.6. The number of carbonyl (C=O) groups excluding carboxylic acids is 2. The molecule has 9 aromatic rings. The van der Waals surface area contributed by atoms with E-state index in [2.05, 4.69) is 209 Å². The second-order valence-corrected chi connectivity index (χ2v) is 23.2. The highest BCUT2D eigenvalue weighted by molar-refractivity contribution is 6.07. The van der Waals surface area contributed by atoms with Crippen LogP contribution in [0.15, 0.2) is 170 Å². The van der Waals surface area contributed by atoms with Gasteiger partial charge in [0, 0.05) is 55.7 Å². The van der Waals surface area contributed by atoms with E-state index in [9.17, 15) is 9.59 Å². The van der Waals surface area contributed by atoms with Gasteiger partial charge in [0.05, 0.1) is 22.8 Å². The Kier molecular flexibility index (Phi) is 13.1. The molecule has 0 saturated carbocycles. The molecule has 0 radical (unpaired) electrons. The highest BCUT2D eigenvalue weighted by Gasteiger charge is 2.23. The third-order valence-corrected chi connectivity index (χ3v) is 14.6. The Balaban J connectivity index is 1.11. The second-order valence-electron chi connectivity index (χ2n) is 23.2. The summed E-state index contributed by atoms with van der Waals surface area (Å²) in [5, 5.41) is 5.84. The molecule has 4 aromatic heterocycles. The number of benzene rings is 5. The van der Waals surface area contributed by atoms with Crippen LogP contribution in [0.25, 0.3) is 90.9 Å². The predicted molar refractivity (Wildman–Crippen MR) is 323 cm³/mol. The monoisotopic (exact) mass is 1020 g/mol. The lowest BCUT2D eigenvalue weighted by Gasteiger charge is -2.19.